The maximum atomic E-state index is 12.5. The molecule has 0 fully saturated rings. The Morgan fingerprint density at radius 2 is 1.93 bits per heavy atom. The number of carbonyl (C=O) groups excluding carboxylic acids is 1. The molecule has 1 heterocycles. The predicted octanol–water partition coefficient (Wildman–Crippen LogP) is 2.41. The van der Waals surface area contributed by atoms with Gasteiger partial charge in [-0.05, 0) is 30.7 Å². The molecule has 1 aromatic heterocycles. The number of nitro benzene ring substituents is 1. The van der Waals surface area contributed by atoms with Crippen LogP contribution in [0.15, 0.2) is 59.4 Å². The third kappa shape index (κ3) is 3.66. The van der Waals surface area contributed by atoms with E-state index in [0.717, 1.165) is 16.3 Å². The van der Waals surface area contributed by atoms with E-state index in [0.29, 0.717) is 5.69 Å². The number of aryl methyl sites for hydroxylation is 1. The molecule has 1 amide bonds. The van der Waals surface area contributed by atoms with Gasteiger partial charge in [-0.15, -0.1) is 0 Å². The molecule has 0 aliphatic rings. The number of para-hydroxylation sites is 2. The van der Waals surface area contributed by atoms with E-state index in [4.69, 9.17) is 0 Å². The Balaban J connectivity index is 2.02. The molecule has 136 valence electrons. The van der Waals surface area contributed by atoms with Gasteiger partial charge in [0.15, 0.2) is 11.4 Å². The van der Waals surface area contributed by atoms with Gasteiger partial charge >= 0.3 is 0 Å². The third-order valence-corrected chi connectivity index (χ3v) is 3.72. The van der Waals surface area contributed by atoms with Gasteiger partial charge in [-0.3, -0.25) is 19.7 Å². The number of rotatable bonds is 4. The van der Waals surface area contributed by atoms with E-state index in [-0.39, 0.29) is 11.4 Å². The lowest BCUT2D eigenvalue weighted by atomic mass is 10.2. The lowest BCUT2D eigenvalue weighted by molar-refractivity contribution is -0.383. The van der Waals surface area contributed by atoms with E-state index in [1.54, 1.807) is 18.2 Å². The van der Waals surface area contributed by atoms with Gasteiger partial charge < -0.3 is 10.4 Å². The van der Waals surface area contributed by atoms with Gasteiger partial charge in [0, 0.05) is 12.1 Å². The average Bonchev–Trinajstić information content (AvgIpc) is 2.62. The fraction of sp³-hybridized carbons (Fsp3) is 0.0556. The molecule has 0 saturated heterocycles. The normalized spacial score (nSPS) is 10.4. The number of nitrogens with zero attached hydrogens (tertiary/aromatic N) is 3. The van der Waals surface area contributed by atoms with Gasteiger partial charge in [0.25, 0.3) is 17.2 Å². The summed E-state index contributed by atoms with van der Waals surface area (Å²) in [6.07, 6.45) is 0. The Morgan fingerprint density at radius 3 is 2.63 bits per heavy atom. The average molecular weight is 366 g/mol. The van der Waals surface area contributed by atoms with Crippen molar-refractivity contribution >= 4 is 17.3 Å². The summed E-state index contributed by atoms with van der Waals surface area (Å²) >= 11 is 0. The number of benzene rings is 2. The van der Waals surface area contributed by atoms with Crippen LogP contribution in [-0.2, 0) is 0 Å². The van der Waals surface area contributed by atoms with E-state index < -0.39 is 27.8 Å². The largest absolute Gasteiger partial charge is 0.505 e. The molecule has 3 rings (SSSR count). The number of amides is 1. The molecule has 9 nitrogen and oxygen atoms in total. The molecule has 0 saturated carbocycles. The zero-order valence-corrected chi connectivity index (χ0v) is 14.1. The van der Waals surface area contributed by atoms with Crippen molar-refractivity contribution in [3.63, 3.8) is 0 Å². The topological polar surface area (TPSA) is 127 Å². The van der Waals surface area contributed by atoms with E-state index in [9.17, 15) is 24.8 Å². The number of aromatic nitrogens is 2. The first kappa shape index (κ1) is 17.8. The molecular weight excluding hydrogens is 352 g/mol. The van der Waals surface area contributed by atoms with Gasteiger partial charge in [-0.1, -0.05) is 24.3 Å². The lowest BCUT2D eigenvalue weighted by Gasteiger charge is -2.10. The fourth-order valence-electron chi connectivity index (χ4n) is 2.47. The zero-order chi connectivity index (χ0) is 19.6. The van der Waals surface area contributed by atoms with Crippen molar-refractivity contribution in [3.05, 3.63) is 86.3 Å². The number of nitro groups is 1. The highest BCUT2D eigenvalue weighted by atomic mass is 16.6. The smallest absolute Gasteiger partial charge is 0.292 e. The SMILES string of the molecule is Cc1cccc(-n2nc(C(=O)Nc3ccccc3[N+](=O)[O-])c(O)cc2=O)c1. The van der Waals surface area contributed by atoms with E-state index >= 15 is 0 Å². The summed E-state index contributed by atoms with van der Waals surface area (Å²) in [5.41, 5.74) is -0.131. The van der Waals surface area contributed by atoms with Crippen LogP contribution in [0.2, 0.25) is 0 Å². The lowest BCUT2D eigenvalue weighted by Crippen LogP contribution is -2.25. The first-order valence-electron chi connectivity index (χ1n) is 7.82. The van der Waals surface area contributed by atoms with Crippen molar-refractivity contribution in [1.82, 2.24) is 9.78 Å². The summed E-state index contributed by atoms with van der Waals surface area (Å²) in [7, 11) is 0. The van der Waals surface area contributed by atoms with E-state index in [2.05, 4.69) is 10.4 Å². The standard InChI is InChI=1S/C18H14N4O5/c1-11-5-4-6-12(9-11)21-16(24)10-15(23)17(20-21)18(25)19-13-7-2-3-8-14(13)22(26)27/h2-10,23H,1H3,(H,19,25). The maximum absolute atomic E-state index is 12.5. The second kappa shape index (κ2) is 7.08. The summed E-state index contributed by atoms with van der Waals surface area (Å²) in [6.45, 7) is 1.83. The molecule has 0 spiro atoms. The number of hydrogen-bond acceptors (Lipinski definition) is 6. The molecule has 0 bridgehead atoms. The van der Waals surface area contributed by atoms with Crippen LogP contribution >= 0.6 is 0 Å². The molecule has 27 heavy (non-hydrogen) atoms. The molecule has 0 aliphatic carbocycles. The van der Waals surface area contributed by atoms with E-state index in [1.807, 2.05) is 13.0 Å². The van der Waals surface area contributed by atoms with Crippen molar-refractivity contribution in [2.75, 3.05) is 5.32 Å². The highest BCUT2D eigenvalue weighted by Gasteiger charge is 2.20. The number of carbonyl (C=O) groups is 1. The Labute approximate surface area is 152 Å². The van der Waals surface area contributed by atoms with Crippen LogP contribution in [0.3, 0.4) is 0 Å². The summed E-state index contributed by atoms with van der Waals surface area (Å²) in [4.78, 5) is 35.1. The quantitative estimate of drug-likeness (QED) is 0.539. The van der Waals surface area contributed by atoms with Crippen LogP contribution in [0.5, 0.6) is 5.75 Å². The summed E-state index contributed by atoms with van der Waals surface area (Å²) in [6, 6.07) is 13.3. The van der Waals surface area contributed by atoms with Crippen LogP contribution < -0.4 is 10.9 Å². The van der Waals surface area contributed by atoms with Crippen LogP contribution in [0.4, 0.5) is 11.4 Å². The molecule has 2 N–H and O–H groups in total. The maximum Gasteiger partial charge on any atom is 0.292 e. The summed E-state index contributed by atoms with van der Waals surface area (Å²) in [5.74, 6) is -1.51. The second-order valence-electron chi connectivity index (χ2n) is 5.70. The van der Waals surface area contributed by atoms with Gasteiger partial charge in [-0.25, -0.2) is 0 Å². The minimum atomic E-state index is -0.886. The van der Waals surface area contributed by atoms with Crippen LogP contribution in [0.1, 0.15) is 16.1 Å². The molecule has 0 aliphatic heterocycles. The minimum absolute atomic E-state index is 0.0537. The third-order valence-electron chi connectivity index (χ3n) is 3.72. The second-order valence-corrected chi connectivity index (χ2v) is 5.70. The van der Waals surface area contributed by atoms with Crippen molar-refractivity contribution in [2.24, 2.45) is 0 Å². The van der Waals surface area contributed by atoms with Crippen LogP contribution in [0.25, 0.3) is 5.69 Å². The zero-order valence-electron chi connectivity index (χ0n) is 14.1. The molecule has 0 unspecified atom stereocenters. The Bertz CT molecular complexity index is 1110. The van der Waals surface area contributed by atoms with Crippen LogP contribution in [0, 0.1) is 17.0 Å². The Hall–Kier alpha value is -4.01. The molecular formula is C18H14N4O5. The van der Waals surface area contributed by atoms with Gasteiger partial charge in [-0.2, -0.15) is 9.78 Å². The number of aromatic hydroxyl groups is 1. The number of anilines is 1. The van der Waals surface area contributed by atoms with E-state index in [1.165, 1.54) is 24.3 Å². The van der Waals surface area contributed by atoms with Crippen LogP contribution in [-0.4, -0.2) is 25.7 Å². The summed E-state index contributed by atoms with van der Waals surface area (Å²) < 4.78 is 0.973. The highest BCUT2D eigenvalue weighted by molar-refractivity contribution is 6.05. The Kier molecular flexibility index (Phi) is 4.67. The van der Waals surface area contributed by atoms with Crippen molar-refractivity contribution in [3.8, 4) is 11.4 Å². The number of nitrogens with one attached hydrogen (secondary N) is 1. The van der Waals surface area contributed by atoms with Crippen molar-refractivity contribution in [2.45, 2.75) is 6.92 Å². The van der Waals surface area contributed by atoms with Crippen molar-refractivity contribution < 1.29 is 14.8 Å². The van der Waals surface area contributed by atoms with Gasteiger partial charge in [0.2, 0.25) is 0 Å². The Morgan fingerprint density at radius 1 is 1.19 bits per heavy atom. The monoisotopic (exact) mass is 366 g/mol. The van der Waals surface area contributed by atoms with Gasteiger partial charge in [0.05, 0.1) is 10.6 Å². The summed E-state index contributed by atoms with van der Waals surface area (Å²) in [5, 5.41) is 27.3. The highest BCUT2D eigenvalue weighted by Crippen LogP contribution is 2.24. The fourth-order valence-corrected chi connectivity index (χ4v) is 2.47. The first-order chi connectivity index (χ1) is 12.9. The van der Waals surface area contributed by atoms with Crippen molar-refractivity contribution in [1.29, 1.82) is 0 Å². The molecule has 9 heteroatoms. The molecule has 0 radical (unpaired) electrons. The molecule has 2 aromatic carbocycles. The minimum Gasteiger partial charge on any atom is -0.505 e. The number of hydrogen-bond donors (Lipinski definition) is 2. The predicted molar refractivity (Wildman–Crippen MR) is 97.3 cm³/mol. The van der Waals surface area contributed by atoms with Gasteiger partial charge in [0.1, 0.15) is 5.69 Å². The first-order valence-corrected chi connectivity index (χ1v) is 7.82. The molecule has 0 atom stereocenters. The molecule has 3 aromatic rings.